The molecule has 0 aromatic heterocycles. The van der Waals surface area contributed by atoms with Gasteiger partial charge in [-0.3, -0.25) is 4.72 Å². The summed E-state index contributed by atoms with van der Waals surface area (Å²) in [5, 5.41) is 3.69. The molecule has 2 N–H and O–H groups in total. The molecule has 152 valence electrons. The first-order valence-electron chi connectivity index (χ1n) is 10.2. The number of benzene rings is 3. The Morgan fingerprint density at radius 2 is 1.80 bits per heavy atom. The Kier molecular flexibility index (Phi) is 4.63. The number of anilines is 2. The molecule has 3 atom stereocenters. The second kappa shape index (κ2) is 7.33. The number of hydrogen-bond donors (Lipinski definition) is 2. The number of fused-ring (bicyclic) bond motifs is 3. The zero-order valence-corrected chi connectivity index (χ0v) is 17.6. The van der Waals surface area contributed by atoms with Gasteiger partial charge in [0.05, 0.1) is 10.9 Å². The first-order valence-corrected chi connectivity index (χ1v) is 11.7. The first-order chi connectivity index (χ1) is 14.5. The number of aryl methyl sites for hydroxylation is 1. The molecule has 0 saturated carbocycles. The summed E-state index contributed by atoms with van der Waals surface area (Å²) in [4.78, 5) is 0.292. The minimum Gasteiger partial charge on any atom is -0.378 e. The first kappa shape index (κ1) is 18.9. The van der Waals surface area contributed by atoms with Crippen molar-refractivity contribution in [2.24, 2.45) is 5.92 Å². The SMILES string of the molecule is Cc1cccc([C@@H]2Nc3ccc(S(=O)(=O)Nc4ccccc4)cc3[C@@H]3C=CC[C@H]32)c1. The number of sulfonamides is 1. The second-order valence-electron chi connectivity index (χ2n) is 8.11. The predicted octanol–water partition coefficient (Wildman–Crippen LogP) is 5.62. The number of para-hydroxylation sites is 1. The Labute approximate surface area is 177 Å². The van der Waals surface area contributed by atoms with Gasteiger partial charge in [0.15, 0.2) is 0 Å². The minimum atomic E-state index is -3.65. The van der Waals surface area contributed by atoms with E-state index in [0.717, 1.165) is 17.7 Å². The van der Waals surface area contributed by atoms with E-state index in [1.807, 2.05) is 30.3 Å². The van der Waals surface area contributed by atoms with Crippen LogP contribution in [0.1, 0.15) is 35.1 Å². The van der Waals surface area contributed by atoms with Gasteiger partial charge in [0.2, 0.25) is 0 Å². The molecule has 0 bridgehead atoms. The summed E-state index contributed by atoms with van der Waals surface area (Å²) < 4.78 is 28.6. The molecule has 0 fully saturated rings. The van der Waals surface area contributed by atoms with Crippen LogP contribution in [0.3, 0.4) is 0 Å². The van der Waals surface area contributed by atoms with Gasteiger partial charge in [-0.25, -0.2) is 8.42 Å². The molecule has 0 saturated heterocycles. The summed E-state index contributed by atoms with van der Waals surface area (Å²) in [6.07, 6.45) is 5.43. The maximum atomic E-state index is 13.0. The van der Waals surface area contributed by atoms with Gasteiger partial charge in [0.1, 0.15) is 0 Å². The van der Waals surface area contributed by atoms with Crippen molar-refractivity contribution in [1.82, 2.24) is 0 Å². The Bertz CT molecular complexity index is 1220. The molecule has 30 heavy (non-hydrogen) atoms. The second-order valence-corrected chi connectivity index (χ2v) is 9.79. The highest BCUT2D eigenvalue weighted by Crippen LogP contribution is 2.50. The van der Waals surface area contributed by atoms with Crippen molar-refractivity contribution >= 4 is 21.4 Å². The zero-order chi connectivity index (χ0) is 20.7. The molecule has 4 nitrogen and oxygen atoms in total. The van der Waals surface area contributed by atoms with E-state index in [2.05, 4.69) is 53.4 Å². The number of rotatable bonds is 4. The summed E-state index contributed by atoms with van der Waals surface area (Å²) in [5.74, 6) is 0.581. The summed E-state index contributed by atoms with van der Waals surface area (Å²) in [7, 11) is -3.65. The average Bonchev–Trinajstić information content (AvgIpc) is 3.23. The van der Waals surface area contributed by atoms with Gasteiger partial charge >= 0.3 is 0 Å². The number of allylic oxidation sites excluding steroid dienone is 2. The van der Waals surface area contributed by atoms with Crippen molar-refractivity contribution in [1.29, 1.82) is 0 Å². The lowest BCUT2D eigenvalue weighted by atomic mass is 9.77. The minimum absolute atomic E-state index is 0.207. The number of nitrogens with one attached hydrogen (secondary N) is 2. The summed E-state index contributed by atoms with van der Waals surface area (Å²) in [6.45, 7) is 2.11. The van der Waals surface area contributed by atoms with Gasteiger partial charge in [0.25, 0.3) is 10.0 Å². The highest BCUT2D eigenvalue weighted by molar-refractivity contribution is 7.92. The average molecular weight is 417 g/mol. The molecule has 1 aliphatic heterocycles. The molecule has 0 spiro atoms. The molecule has 1 aliphatic carbocycles. The van der Waals surface area contributed by atoms with Crippen LogP contribution in [0.15, 0.2) is 89.8 Å². The van der Waals surface area contributed by atoms with E-state index in [-0.39, 0.29) is 12.0 Å². The fourth-order valence-corrected chi connectivity index (χ4v) is 5.75. The summed E-state index contributed by atoms with van der Waals surface area (Å²) in [5.41, 5.74) is 5.14. The standard InChI is InChI=1S/C25H24N2O2S/c1-17-7-5-8-18(15-17)25-22-12-6-11-21(22)23-16-20(13-14-24(23)26-25)30(28,29)27-19-9-3-2-4-10-19/h2-11,13-16,21-22,25-27H,12H2,1H3/t21-,22-,25+/m1/s1. The van der Waals surface area contributed by atoms with Crippen molar-refractivity contribution in [2.45, 2.75) is 30.2 Å². The smallest absolute Gasteiger partial charge is 0.261 e. The van der Waals surface area contributed by atoms with Crippen LogP contribution in [0, 0.1) is 12.8 Å². The van der Waals surface area contributed by atoms with Crippen LogP contribution in [0.25, 0.3) is 0 Å². The summed E-state index contributed by atoms with van der Waals surface area (Å²) >= 11 is 0. The molecule has 1 heterocycles. The van der Waals surface area contributed by atoms with E-state index in [1.165, 1.54) is 11.1 Å². The van der Waals surface area contributed by atoms with Crippen LogP contribution in [0.4, 0.5) is 11.4 Å². The fourth-order valence-electron chi connectivity index (χ4n) is 4.65. The highest BCUT2D eigenvalue weighted by Gasteiger charge is 2.38. The van der Waals surface area contributed by atoms with Crippen molar-refractivity contribution in [3.05, 3.63) is 102 Å². The van der Waals surface area contributed by atoms with Crippen LogP contribution in [-0.2, 0) is 10.0 Å². The quantitative estimate of drug-likeness (QED) is 0.543. The molecule has 2 aliphatic rings. The maximum Gasteiger partial charge on any atom is 0.261 e. The number of hydrogen-bond acceptors (Lipinski definition) is 3. The van der Waals surface area contributed by atoms with Crippen molar-refractivity contribution < 1.29 is 8.42 Å². The molecule has 0 unspecified atom stereocenters. The van der Waals surface area contributed by atoms with Crippen LogP contribution < -0.4 is 10.0 Å². The molecule has 3 aromatic rings. The monoisotopic (exact) mass is 416 g/mol. The van der Waals surface area contributed by atoms with E-state index in [9.17, 15) is 8.42 Å². The molecule has 0 radical (unpaired) electrons. The lowest BCUT2D eigenvalue weighted by molar-refractivity contribution is 0.425. The van der Waals surface area contributed by atoms with Gasteiger partial charge in [0, 0.05) is 17.3 Å². The third-order valence-electron chi connectivity index (χ3n) is 6.07. The lowest BCUT2D eigenvalue weighted by Crippen LogP contribution is -2.29. The van der Waals surface area contributed by atoms with Crippen LogP contribution >= 0.6 is 0 Å². The molecule has 5 rings (SSSR count). The molecule has 5 heteroatoms. The third-order valence-corrected chi connectivity index (χ3v) is 7.45. The van der Waals surface area contributed by atoms with Gasteiger partial charge in [-0.2, -0.15) is 0 Å². The van der Waals surface area contributed by atoms with E-state index in [0.29, 0.717) is 16.5 Å². The third kappa shape index (κ3) is 3.39. The van der Waals surface area contributed by atoms with Gasteiger partial charge in [-0.15, -0.1) is 0 Å². The molecular formula is C25H24N2O2S. The normalized spacial score (nSPS) is 22.1. The largest absolute Gasteiger partial charge is 0.378 e. The maximum absolute atomic E-state index is 13.0. The fraction of sp³-hybridized carbons (Fsp3) is 0.200. The van der Waals surface area contributed by atoms with E-state index in [4.69, 9.17) is 0 Å². The molecule has 0 amide bonds. The van der Waals surface area contributed by atoms with Crippen LogP contribution in [0.2, 0.25) is 0 Å². The zero-order valence-electron chi connectivity index (χ0n) is 16.7. The molecular weight excluding hydrogens is 392 g/mol. The highest BCUT2D eigenvalue weighted by atomic mass is 32.2. The Hall–Kier alpha value is -3.05. The van der Waals surface area contributed by atoms with Crippen molar-refractivity contribution in [3.8, 4) is 0 Å². The summed E-state index contributed by atoms with van der Waals surface area (Å²) in [6, 6.07) is 23.2. The lowest BCUT2D eigenvalue weighted by Gasteiger charge is -2.37. The van der Waals surface area contributed by atoms with Gasteiger partial charge in [-0.05, 0) is 60.7 Å². The van der Waals surface area contributed by atoms with Crippen molar-refractivity contribution in [3.63, 3.8) is 0 Å². The van der Waals surface area contributed by atoms with Crippen LogP contribution in [0.5, 0.6) is 0 Å². The Balaban J connectivity index is 1.50. The topological polar surface area (TPSA) is 58.2 Å². The van der Waals surface area contributed by atoms with E-state index >= 15 is 0 Å². The van der Waals surface area contributed by atoms with Gasteiger partial charge in [-0.1, -0.05) is 60.2 Å². The van der Waals surface area contributed by atoms with Crippen molar-refractivity contribution in [2.75, 3.05) is 10.0 Å². The van der Waals surface area contributed by atoms with E-state index in [1.54, 1.807) is 18.2 Å². The van der Waals surface area contributed by atoms with Crippen LogP contribution in [-0.4, -0.2) is 8.42 Å². The predicted molar refractivity (Wildman–Crippen MR) is 121 cm³/mol. The Morgan fingerprint density at radius 3 is 2.60 bits per heavy atom. The Morgan fingerprint density at radius 1 is 0.967 bits per heavy atom. The van der Waals surface area contributed by atoms with E-state index < -0.39 is 10.0 Å². The van der Waals surface area contributed by atoms with Gasteiger partial charge < -0.3 is 5.32 Å². The molecule has 3 aromatic carbocycles.